The predicted octanol–water partition coefficient (Wildman–Crippen LogP) is 3.94. The number of fused-ring (bicyclic) bond motifs is 1. The highest BCUT2D eigenvalue weighted by Gasteiger charge is 2.13. The minimum Gasteiger partial charge on any atom is -0.350 e. The van der Waals surface area contributed by atoms with E-state index in [0.29, 0.717) is 22.8 Å². The van der Waals surface area contributed by atoms with Crippen LogP contribution in [-0.2, 0) is 13.5 Å². The zero-order valence-electron chi connectivity index (χ0n) is 12.6. The second-order valence-electron chi connectivity index (χ2n) is 5.42. The van der Waals surface area contributed by atoms with Crippen LogP contribution in [-0.4, -0.2) is 17.0 Å². The molecule has 1 aromatic heterocycles. The molecule has 0 bridgehead atoms. The smallest absolute Gasteiger partial charge is 0.267 e. The van der Waals surface area contributed by atoms with Crippen molar-refractivity contribution in [3.63, 3.8) is 0 Å². The van der Waals surface area contributed by atoms with Gasteiger partial charge in [-0.25, -0.2) is 4.39 Å². The van der Waals surface area contributed by atoms with E-state index in [4.69, 9.17) is 11.6 Å². The number of nitrogens with one attached hydrogen (secondary N) is 1. The van der Waals surface area contributed by atoms with Crippen molar-refractivity contribution in [1.29, 1.82) is 0 Å². The normalized spacial score (nSPS) is 10.9. The van der Waals surface area contributed by atoms with E-state index in [1.54, 1.807) is 23.7 Å². The summed E-state index contributed by atoms with van der Waals surface area (Å²) in [7, 11) is 1.76. The number of halogens is 2. The fraction of sp³-hybridized carbons (Fsp3) is 0.167. The third-order valence-electron chi connectivity index (χ3n) is 3.85. The summed E-state index contributed by atoms with van der Waals surface area (Å²) in [5.41, 5.74) is 2.32. The van der Waals surface area contributed by atoms with Crippen molar-refractivity contribution in [3.05, 3.63) is 70.6 Å². The Bertz CT molecular complexity index is 855. The van der Waals surface area contributed by atoms with E-state index < -0.39 is 0 Å². The van der Waals surface area contributed by atoms with Gasteiger partial charge in [0.15, 0.2) is 0 Å². The van der Waals surface area contributed by atoms with Gasteiger partial charge in [0.1, 0.15) is 11.5 Å². The Morgan fingerprint density at radius 2 is 1.91 bits per heavy atom. The number of rotatable bonds is 4. The number of hydrogen-bond acceptors (Lipinski definition) is 1. The molecular weight excluding hydrogens is 315 g/mol. The lowest BCUT2D eigenvalue weighted by atomic mass is 10.1. The number of benzene rings is 2. The molecule has 1 heterocycles. The molecule has 0 spiro atoms. The van der Waals surface area contributed by atoms with E-state index in [1.165, 1.54) is 12.1 Å². The minimum absolute atomic E-state index is 0.168. The highest BCUT2D eigenvalue weighted by Crippen LogP contribution is 2.19. The van der Waals surface area contributed by atoms with Crippen molar-refractivity contribution in [2.75, 3.05) is 6.54 Å². The van der Waals surface area contributed by atoms with Crippen LogP contribution in [0.25, 0.3) is 10.9 Å². The Morgan fingerprint density at radius 1 is 1.17 bits per heavy atom. The van der Waals surface area contributed by atoms with Gasteiger partial charge in [-0.15, -0.1) is 0 Å². The van der Waals surface area contributed by atoms with E-state index in [0.717, 1.165) is 17.4 Å². The van der Waals surface area contributed by atoms with Crippen LogP contribution in [0.1, 0.15) is 16.1 Å². The van der Waals surface area contributed by atoms with Crippen LogP contribution >= 0.6 is 11.6 Å². The van der Waals surface area contributed by atoms with Crippen molar-refractivity contribution in [2.24, 2.45) is 7.05 Å². The number of aryl methyl sites for hydroxylation is 1. The molecule has 2 aromatic carbocycles. The molecule has 0 atom stereocenters. The largest absolute Gasteiger partial charge is 0.350 e. The van der Waals surface area contributed by atoms with Crippen molar-refractivity contribution in [2.45, 2.75) is 6.42 Å². The first-order chi connectivity index (χ1) is 11.0. The summed E-state index contributed by atoms with van der Waals surface area (Å²) in [6.07, 6.45) is 0.724. The van der Waals surface area contributed by atoms with Crippen LogP contribution in [0.2, 0.25) is 5.02 Å². The van der Waals surface area contributed by atoms with Gasteiger partial charge in [-0.1, -0.05) is 23.7 Å². The number of amides is 1. The van der Waals surface area contributed by atoms with Crippen LogP contribution < -0.4 is 5.32 Å². The molecule has 0 aliphatic heterocycles. The Kier molecular flexibility index (Phi) is 4.35. The summed E-state index contributed by atoms with van der Waals surface area (Å²) in [5, 5.41) is 4.43. The second-order valence-corrected chi connectivity index (χ2v) is 5.86. The van der Waals surface area contributed by atoms with Crippen LogP contribution in [0, 0.1) is 5.82 Å². The molecule has 118 valence electrons. The summed E-state index contributed by atoms with van der Waals surface area (Å²) in [6.45, 7) is 0.524. The number of aromatic nitrogens is 1. The van der Waals surface area contributed by atoms with Gasteiger partial charge >= 0.3 is 0 Å². The first kappa shape index (κ1) is 15.6. The molecule has 0 unspecified atom stereocenters. The van der Waals surface area contributed by atoms with Gasteiger partial charge in [0, 0.05) is 24.0 Å². The highest BCUT2D eigenvalue weighted by molar-refractivity contribution is 6.30. The number of hydrogen-bond donors (Lipinski definition) is 1. The molecule has 0 saturated carbocycles. The monoisotopic (exact) mass is 330 g/mol. The lowest BCUT2D eigenvalue weighted by Crippen LogP contribution is -2.27. The zero-order valence-corrected chi connectivity index (χ0v) is 13.4. The molecular formula is C18H16ClFN2O. The van der Waals surface area contributed by atoms with Crippen LogP contribution in [0.15, 0.2) is 48.5 Å². The molecule has 3 nitrogen and oxygen atoms in total. The third kappa shape index (κ3) is 3.37. The second kappa shape index (κ2) is 6.42. The summed E-state index contributed by atoms with van der Waals surface area (Å²) >= 11 is 5.84. The molecule has 23 heavy (non-hydrogen) atoms. The summed E-state index contributed by atoms with van der Waals surface area (Å²) in [6, 6.07) is 13.8. The Hall–Kier alpha value is -2.33. The topological polar surface area (TPSA) is 34.0 Å². The summed E-state index contributed by atoms with van der Waals surface area (Å²) in [5.74, 6) is -0.480. The van der Waals surface area contributed by atoms with Gasteiger partial charge in [-0.2, -0.15) is 0 Å². The summed E-state index contributed by atoms with van der Waals surface area (Å²) in [4.78, 5) is 12.3. The maximum atomic E-state index is 13.3. The first-order valence-electron chi connectivity index (χ1n) is 7.32. The van der Waals surface area contributed by atoms with E-state index in [2.05, 4.69) is 5.32 Å². The van der Waals surface area contributed by atoms with Gasteiger partial charge in [-0.05, 0) is 48.4 Å². The average molecular weight is 331 g/mol. The predicted molar refractivity (Wildman–Crippen MR) is 90.4 cm³/mol. The Morgan fingerprint density at radius 3 is 2.65 bits per heavy atom. The van der Waals surface area contributed by atoms with Gasteiger partial charge in [0.25, 0.3) is 5.91 Å². The molecule has 3 rings (SSSR count). The maximum Gasteiger partial charge on any atom is 0.267 e. The van der Waals surface area contributed by atoms with Gasteiger partial charge in [-0.3, -0.25) is 4.79 Å². The SMILES string of the molecule is Cn1c(C(=O)NCCc2ccc(Cl)cc2)cc2ccc(F)cc21. The molecule has 0 radical (unpaired) electrons. The molecule has 0 aliphatic carbocycles. The van der Waals surface area contributed by atoms with Crippen molar-refractivity contribution < 1.29 is 9.18 Å². The quantitative estimate of drug-likeness (QED) is 0.772. The maximum absolute atomic E-state index is 13.3. The fourth-order valence-corrected chi connectivity index (χ4v) is 2.71. The van der Waals surface area contributed by atoms with Crippen LogP contribution in [0.5, 0.6) is 0 Å². The van der Waals surface area contributed by atoms with Crippen molar-refractivity contribution >= 4 is 28.4 Å². The average Bonchev–Trinajstić information content (AvgIpc) is 2.86. The number of nitrogens with zero attached hydrogens (tertiary/aromatic N) is 1. The lowest BCUT2D eigenvalue weighted by molar-refractivity contribution is 0.0946. The number of carbonyl (C=O) groups excluding carboxylic acids is 1. The Labute approximate surface area is 138 Å². The standard InChI is InChI=1S/C18H16ClFN2O/c1-22-16-11-15(20)7-4-13(16)10-17(22)18(23)21-9-8-12-2-5-14(19)6-3-12/h2-7,10-11H,8-9H2,1H3,(H,21,23). The number of carbonyl (C=O) groups is 1. The molecule has 1 N–H and O–H groups in total. The first-order valence-corrected chi connectivity index (χ1v) is 7.70. The highest BCUT2D eigenvalue weighted by atomic mass is 35.5. The molecule has 0 saturated heterocycles. The fourth-order valence-electron chi connectivity index (χ4n) is 2.58. The van der Waals surface area contributed by atoms with Gasteiger partial charge in [0.2, 0.25) is 0 Å². The van der Waals surface area contributed by atoms with Gasteiger partial charge < -0.3 is 9.88 Å². The minimum atomic E-state index is -0.312. The third-order valence-corrected chi connectivity index (χ3v) is 4.10. The zero-order chi connectivity index (χ0) is 16.4. The van der Waals surface area contributed by atoms with E-state index >= 15 is 0 Å². The molecule has 1 amide bonds. The van der Waals surface area contributed by atoms with E-state index in [-0.39, 0.29) is 11.7 Å². The van der Waals surface area contributed by atoms with E-state index in [1.807, 2.05) is 24.3 Å². The van der Waals surface area contributed by atoms with Crippen molar-refractivity contribution in [1.82, 2.24) is 9.88 Å². The van der Waals surface area contributed by atoms with Crippen LogP contribution in [0.3, 0.4) is 0 Å². The van der Waals surface area contributed by atoms with Crippen molar-refractivity contribution in [3.8, 4) is 0 Å². The van der Waals surface area contributed by atoms with Crippen LogP contribution in [0.4, 0.5) is 4.39 Å². The molecule has 0 aliphatic rings. The van der Waals surface area contributed by atoms with Gasteiger partial charge in [0.05, 0.1) is 5.52 Å². The van der Waals surface area contributed by atoms with E-state index in [9.17, 15) is 9.18 Å². The molecule has 5 heteroatoms. The lowest BCUT2D eigenvalue weighted by Gasteiger charge is -2.07. The summed E-state index contributed by atoms with van der Waals surface area (Å²) < 4.78 is 15.0. The molecule has 0 fully saturated rings. The molecule has 3 aromatic rings. The Balaban J connectivity index is 1.68.